The molecule has 0 radical (unpaired) electrons. The van der Waals surface area contributed by atoms with Gasteiger partial charge in [0, 0.05) is 21.5 Å². The zero-order chi connectivity index (χ0) is 41.7. The lowest BCUT2D eigenvalue weighted by Crippen LogP contribution is -2.53. The number of unbranched alkanes of at least 4 members (excludes halogenated alkanes) is 19. The molecule has 3 aromatic carbocycles. The van der Waals surface area contributed by atoms with Crippen LogP contribution in [0.5, 0.6) is 17.2 Å². The Kier molecular flexibility index (Phi) is 26.8. The molecule has 1 unspecified atom stereocenters. The van der Waals surface area contributed by atoms with Crippen LogP contribution in [0, 0.1) is 0 Å². The van der Waals surface area contributed by atoms with Gasteiger partial charge in [-0.25, -0.2) is 0 Å². The van der Waals surface area contributed by atoms with Gasteiger partial charge >= 0.3 is 7.32 Å². The molecule has 0 amide bonds. The van der Waals surface area contributed by atoms with Crippen molar-refractivity contribution in [1.82, 2.24) is 0 Å². The number of halogens is 3. The van der Waals surface area contributed by atoms with E-state index in [1.165, 1.54) is 173 Å². The molecule has 58 heavy (non-hydrogen) atoms. The molecule has 3 aromatic rings. The first-order chi connectivity index (χ1) is 28.3. The van der Waals surface area contributed by atoms with Crippen LogP contribution in [0.2, 0.25) is 15.1 Å². The van der Waals surface area contributed by atoms with Crippen molar-refractivity contribution in [3.05, 3.63) is 87.4 Å². The Morgan fingerprint density at radius 3 is 1.21 bits per heavy atom. The van der Waals surface area contributed by atoms with Crippen LogP contribution >= 0.6 is 34.8 Å². The summed E-state index contributed by atoms with van der Waals surface area (Å²) in [7, 11) is -1.06. The van der Waals surface area contributed by atoms with Gasteiger partial charge in [0.05, 0.1) is 25.2 Å². The summed E-state index contributed by atoms with van der Waals surface area (Å²) in [6.07, 6.45) is 30.7. The standard InChI is InChI=1S/C50H78BCl3NO3/c1-5-9-13-17-21-25-39-55(40-26-22-18-14-10-6-2,41-27-23-19-15-11-7-3)49(28-24-20-16-12-8-4)48-42-45(54)33-38-50(48)58-51(56-46-34-29-43(52)30-35-46)57-47-36-31-44(53)32-37-47/h29-38,42,49H,5-28,39-41H2,1-4H3/q+1. The summed E-state index contributed by atoms with van der Waals surface area (Å²) in [6.45, 7) is 12.8. The number of quaternary nitrogens is 1. The Bertz CT molecular complexity index is 1370. The van der Waals surface area contributed by atoms with Crippen LogP contribution in [-0.2, 0) is 0 Å². The maximum atomic E-state index is 7.02. The van der Waals surface area contributed by atoms with Crippen LogP contribution in [0.15, 0.2) is 66.7 Å². The second-order valence-electron chi connectivity index (χ2n) is 16.6. The predicted octanol–water partition coefficient (Wildman–Crippen LogP) is 17.5. The Morgan fingerprint density at radius 2 is 0.793 bits per heavy atom. The molecule has 0 saturated heterocycles. The second kappa shape index (κ2) is 30.9. The SMILES string of the molecule is CCCCCCCC[N+](CCCCCCCC)(CCCCCCCC)C(CCCCCCC)c1cc(Cl)ccc1OB(Oc1ccc(Cl)cc1)Oc1ccc(Cl)cc1. The molecule has 8 heteroatoms. The Balaban J connectivity index is 2.11. The van der Waals surface area contributed by atoms with Crippen molar-refractivity contribution < 1.29 is 18.4 Å². The zero-order valence-corrected chi connectivity index (χ0v) is 39.2. The quantitative estimate of drug-likeness (QED) is 0.0335. The maximum Gasteiger partial charge on any atom is 0.864 e. The van der Waals surface area contributed by atoms with Crippen molar-refractivity contribution in [2.24, 2.45) is 0 Å². The van der Waals surface area contributed by atoms with Gasteiger partial charge in [0.15, 0.2) is 0 Å². The minimum atomic E-state index is -1.06. The Morgan fingerprint density at radius 1 is 0.431 bits per heavy atom. The topological polar surface area (TPSA) is 27.7 Å². The van der Waals surface area contributed by atoms with Gasteiger partial charge in [0.2, 0.25) is 0 Å². The molecule has 0 aliphatic heterocycles. The molecule has 0 aliphatic rings. The van der Waals surface area contributed by atoms with Crippen LogP contribution in [0.3, 0.4) is 0 Å². The first kappa shape index (κ1) is 50.3. The van der Waals surface area contributed by atoms with Crippen LogP contribution in [0.1, 0.15) is 193 Å². The summed E-state index contributed by atoms with van der Waals surface area (Å²) in [6, 6.07) is 21.1. The van der Waals surface area contributed by atoms with E-state index in [0.29, 0.717) is 21.5 Å². The van der Waals surface area contributed by atoms with Gasteiger partial charge in [0.1, 0.15) is 23.3 Å². The van der Waals surface area contributed by atoms with Gasteiger partial charge < -0.3 is 18.4 Å². The van der Waals surface area contributed by atoms with Gasteiger partial charge in [-0.15, -0.1) is 0 Å². The lowest BCUT2D eigenvalue weighted by atomic mass is 9.92. The van der Waals surface area contributed by atoms with Crippen LogP contribution in [0.4, 0.5) is 0 Å². The highest BCUT2D eigenvalue weighted by Crippen LogP contribution is 2.42. The fraction of sp³-hybridized carbons (Fsp3) is 0.640. The highest BCUT2D eigenvalue weighted by Gasteiger charge is 2.40. The predicted molar refractivity (Wildman–Crippen MR) is 253 cm³/mol. The molecular formula is C50H78BCl3NO3+. The third-order valence-electron chi connectivity index (χ3n) is 11.8. The molecule has 0 saturated carbocycles. The molecule has 324 valence electrons. The highest BCUT2D eigenvalue weighted by molar-refractivity contribution is 6.39. The van der Waals surface area contributed by atoms with Gasteiger partial charge in [-0.1, -0.05) is 165 Å². The molecule has 0 aromatic heterocycles. The average molecular weight is 858 g/mol. The minimum absolute atomic E-state index is 0.240. The van der Waals surface area contributed by atoms with E-state index in [1.54, 1.807) is 0 Å². The van der Waals surface area contributed by atoms with E-state index in [1.807, 2.05) is 60.7 Å². The summed E-state index contributed by atoms with van der Waals surface area (Å²) >= 11 is 19.5. The van der Waals surface area contributed by atoms with Crippen LogP contribution < -0.4 is 14.0 Å². The van der Waals surface area contributed by atoms with Crippen molar-refractivity contribution in [2.75, 3.05) is 19.6 Å². The zero-order valence-electron chi connectivity index (χ0n) is 36.9. The van der Waals surface area contributed by atoms with Gasteiger partial charge in [0.25, 0.3) is 0 Å². The Labute approximate surface area is 370 Å². The van der Waals surface area contributed by atoms with Crippen LogP contribution in [-0.4, -0.2) is 31.4 Å². The van der Waals surface area contributed by atoms with Crippen molar-refractivity contribution in [2.45, 2.75) is 188 Å². The molecular weight excluding hydrogens is 780 g/mol. The van der Waals surface area contributed by atoms with Gasteiger partial charge in [-0.2, -0.15) is 0 Å². The van der Waals surface area contributed by atoms with Crippen molar-refractivity contribution in [1.29, 1.82) is 0 Å². The van der Waals surface area contributed by atoms with Crippen molar-refractivity contribution in [3.8, 4) is 17.2 Å². The van der Waals surface area contributed by atoms with Gasteiger partial charge in [-0.05, 0) is 112 Å². The summed E-state index contributed by atoms with van der Waals surface area (Å²) in [4.78, 5) is 0. The third-order valence-corrected chi connectivity index (χ3v) is 12.5. The van der Waals surface area contributed by atoms with E-state index in [4.69, 9.17) is 48.8 Å². The molecule has 4 nitrogen and oxygen atoms in total. The van der Waals surface area contributed by atoms with Crippen LogP contribution in [0.25, 0.3) is 0 Å². The monoisotopic (exact) mass is 857 g/mol. The highest BCUT2D eigenvalue weighted by atomic mass is 35.5. The summed E-state index contributed by atoms with van der Waals surface area (Å²) < 4.78 is 20.9. The number of hydrogen-bond acceptors (Lipinski definition) is 3. The third kappa shape index (κ3) is 20.0. The average Bonchev–Trinajstić information content (AvgIpc) is 3.22. The number of benzene rings is 3. The molecule has 0 N–H and O–H groups in total. The molecule has 1 atom stereocenters. The lowest BCUT2D eigenvalue weighted by molar-refractivity contribution is -0.958. The molecule has 0 aliphatic carbocycles. The van der Waals surface area contributed by atoms with Crippen molar-refractivity contribution in [3.63, 3.8) is 0 Å². The maximum absolute atomic E-state index is 7.02. The molecule has 3 rings (SSSR count). The Hall–Kier alpha value is -2.05. The van der Waals surface area contributed by atoms with E-state index in [-0.39, 0.29) is 6.04 Å². The fourth-order valence-electron chi connectivity index (χ4n) is 8.40. The number of nitrogens with zero attached hydrogens (tertiary/aromatic N) is 1. The number of rotatable bonds is 35. The summed E-state index contributed by atoms with van der Waals surface area (Å²) in [5.74, 6) is 1.98. The first-order valence-electron chi connectivity index (χ1n) is 23.5. The first-order valence-corrected chi connectivity index (χ1v) is 24.6. The largest absolute Gasteiger partial charge is 0.864 e. The smallest absolute Gasteiger partial charge is 0.490 e. The van der Waals surface area contributed by atoms with E-state index < -0.39 is 7.32 Å². The van der Waals surface area contributed by atoms with E-state index >= 15 is 0 Å². The molecule has 0 heterocycles. The molecule has 0 spiro atoms. The van der Waals surface area contributed by atoms with E-state index in [2.05, 4.69) is 33.8 Å². The minimum Gasteiger partial charge on any atom is -0.490 e. The molecule has 0 bridgehead atoms. The van der Waals surface area contributed by atoms with Gasteiger partial charge in [-0.3, -0.25) is 0 Å². The molecule has 0 fully saturated rings. The second-order valence-corrected chi connectivity index (χ2v) is 18.0. The summed E-state index contributed by atoms with van der Waals surface area (Å²) in [5.41, 5.74) is 1.18. The van der Waals surface area contributed by atoms with E-state index in [0.717, 1.165) is 21.7 Å². The number of hydrogen-bond donors (Lipinski definition) is 0. The fourth-order valence-corrected chi connectivity index (χ4v) is 8.83. The van der Waals surface area contributed by atoms with Crippen molar-refractivity contribution >= 4 is 42.1 Å². The lowest BCUT2D eigenvalue weighted by Gasteiger charge is -2.46. The summed E-state index contributed by atoms with van der Waals surface area (Å²) in [5, 5.41) is 2.02. The normalized spacial score (nSPS) is 12.1. The van der Waals surface area contributed by atoms with E-state index in [9.17, 15) is 0 Å².